The molecule has 0 aliphatic heterocycles. The second-order valence-corrected chi connectivity index (χ2v) is 8.45. The molecular weight excluding hydrogens is 356 g/mol. The van der Waals surface area contributed by atoms with Crippen LogP contribution in [0.2, 0.25) is 4.34 Å². The van der Waals surface area contributed by atoms with E-state index in [1.165, 1.54) is 22.7 Å². The highest BCUT2D eigenvalue weighted by atomic mass is 35.5. The lowest BCUT2D eigenvalue weighted by Gasteiger charge is -2.18. The highest BCUT2D eigenvalue weighted by molar-refractivity contribution is 7.24. The molecular formula is C15H17ClN2O3S2. The topological polar surface area (TPSA) is 79.3 Å². The van der Waals surface area contributed by atoms with Gasteiger partial charge in [-0.1, -0.05) is 11.6 Å². The van der Waals surface area contributed by atoms with Crippen molar-refractivity contribution in [2.45, 2.75) is 27.2 Å². The van der Waals surface area contributed by atoms with Crippen LogP contribution in [-0.2, 0) is 4.79 Å². The smallest absolute Gasteiger partial charge is 0.309 e. The Morgan fingerprint density at radius 3 is 2.61 bits per heavy atom. The second-order valence-electron chi connectivity index (χ2n) is 5.73. The van der Waals surface area contributed by atoms with Crippen LogP contribution in [0.1, 0.15) is 35.6 Å². The van der Waals surface area contributed by atoms with Gasteiger partial charge in [-0.05, 0) is 39.3 Å². The molecule has 0 bridgehead atoms. The molecule has 5 nitrogen and oxygen atoms in total. The third-order valence-electron chi connectivity index (χ3n) is 3.40. The van der Waals surface area contributed by atoms with Crippen LogP contribution in [0, 0.1) is 12.3 Å². The van der Waals surface area contributed by atoms with Crippen molar-refractivity contribution in [3.63, 3.8) is 0 Å². The van der Waals surface area contributed by atoms with E-state index in [9.17, 15) is 9.59 Å². The molecule has 0 aromatic carbocycles. The van der Waals surface area contributed by atoms with E-state index in [0.717, 1.165) is 9.88 Å². The van der Waals surface area contributed by atoms with Gasteiger partial charge in [-0.25, -0.2) is 4.98 Å². The molecule has 8 heteroatoms. The number of carbonyl (C=O) groups is 2. The number of thiazole rings is 1. The van der Waals surface area contributed by atoms with Crippen LogP contribution in [-0.4, -0.2) is 28.5 Å². The van der Waals surface area contributed by atoms with Crippen LogP contribution < -0.4 is 5.32 Å². The number of aliphatic carboxylic acids is 1. The Bertz CT molecular complexity index is 737. The molecule has 2 rings (SSSR count). The SMILES string of the molecule is Cc1nc(-c2ccc(Cl)s2)sc1C(=O)NCCC(C)(C)C(=O)O. The molecule has 23 heavy (non-hydrogen) atoms. The van der Waals surface area contributed by atoms with Crippen LogP contribution in [0.3, 0.4) is 0 Å². The molecule has 2 heterocycles. The maximum Gasteiger partial charge on any atom is 0.309 e. The Hall–Kier alpha value is -1.44. The maximum absolute atomic E-state index is 12.3. The molecule has 0 aliphatic carbocycles. The first-order valence-electron chi connectivity index (χ1n) is 6.95. The van der Waals surface area contributed by atoms with Crippen LogP contribution in [0.25, 0.3) is 9.88 Å². The van der Waals surface area contributed by atoms with E-state index in [2.05, 4.69) is 10.3 Å². The number of halogens is 1. The van der Waals surface area contributed by atoms with Crippen LogP contribution in [0.5, 0.6) is 0 Å². The van der Waals surface area contributed by atoms with E-state index in [4.69, 9.17) is 16.7 Å². The Morgan fingerprint density at radius 2 is 2.04 bits per heavy atom. The summed E-state index contributed by atoms with van der Waals surface area (Å²) in [6, 6.07) is 3.67. The maximum atomic E-state index is 12.3. The number of carboxylic acid groups (broad SMARTS) is 1. The predicted octanol–water partition coefficient (Wildman–Crippen LogP) is 4.06. The van der Waals surface area contributed by atoms with Crippen LogP contribution >= 0.6 is 34.3 Å². The number of aromatic nitrogens is 1. The van der Waals surface area contributed by atoms with Gasteiger partial charge < -0.3 is 10.4 Å². The fourth-order valence-electron chi connectivity index (χ4n) is 1.82. The van der Waals surface area contributed by atoms with E-state index in [1.807, 2.05) is 6.07 Å². The minimum absolute atomic E-state index is 0.227. The zero-order valence-corrected chi connectivity index (χ0v) is 15.4. The largest absolute Gasteiger partial charge is 0.481 e. The lowest BCUT2D eigenvalue weighted by molar-refractivity contribution is -0.147. The standard InChI is InChI=1S/C15H17ClN2O3S2/c1-8-11(12(19)17-7-6-15(2,3)14(20)21)23-13(18-8)9-4-5-10(16)22-9/h4-5H,6-7H2,1-3H3,(H,17,19)(H,20,21). The third kappa shape index (κ3) is 4.31. The molecule has 0 saturated carbocycles. The number of hydrogen-bond donors (Lipinski definition) is 2. The van der Waals surface area contributed by atoms with E-state index in [0.29, 0.717) is 27.9 Å². The average molecular weight is 373 g/mol. The second kappa shape index (κ2) is 6.98. The zero-order chi connectivity index (χ0) is 17.2. The van der Waals surface area contributed by atoms with Crippen molar-refractivity contribution in [1.29, 1.82) is 0 Å². The summed E-state index contributed by atoms with van der Waals surface area (Å²) >= 11 is 8.65. The van der Waals surface area contributed by atoms with E-state index in [1.54, 1.807) is 26.8 Å². The van der Waals surface area contributed by atoms with Gasteiger partial charge in [0.05, 0.1) is 20.3 Å². The lowest BCUT2D eigenvalue weighted by atomic mass is 9.90. The van der Waals surface area contributed by atoms with E-state index < -0.39 is 11.4 Å². The first-order valence-corrected chi connectivity index (χ1v) is 8.96. The summed E-state index contributed by atoms with van der Waals surface area (Å²) in [6.07, 6.45) is 0.360. The number of nitrogens with one attached hydrogen (secondary N) is 1. The monoisotopic (exact) mass is 372 g/mol. The molecule has 124 valence electrons. The predicted molar refractivity (Wildman–Crippen MR) is 93.5 cm³/mol. The molecule has 2 aromatic rings. The van der Waals surface area contributed by atoms with Gasteiger partial charge in [0.25, 0.3) is 5.91 Å². The summed E-state index contributed by atoms with van der Waals surface area (Å²) in [7, 11) is 0. The number of hydrogen-bond acceptors (Lipinski definition) is 5. The molecule has 0 radical (unpaired) electrons. The number of carboxylic acids is 1. The van der Waals surface area contributed by atoms with Crippen molar-refractivity contribution < 1.29 is 14.7 Å². The minimum atomic E-state index is -0.877. The normalized spacial score (nSPS) is 11.5. The summed E-state index contributed by atoms with van der Waals surface area (Å²) in [5.41, 5.74) is -0.209. The molecule has 2 N–H and O–H groups in total. The van der Waals surface area contributed by atoms with Crippen LogP contribution in [0.4, 0.5) is 0 Å². The number of aryl methyl sites for hydroxylation is 1. The van der Waals surface area contributed by atoms with Gasteiger partial charge in [-0.3, -0.25) is 9.59 Å². The average Bonchev–Trinajstić information content (AvgIpc) is 3.04. The molecule has 0 spiro atoms. The van der Waals surface area contributed by atoms with Crippen molar-refractivity contribution in [2.75, 3.05) is 6.54 Å². The lowest BCUT2D eigenvalue weighted by Crippen LogP contribution is -2.31. The molecule has 2 aromatic heterocycles. The van der Waals surface area contributed by atoms with Crippen molar-refractivity contribution in [2.24, 2.45) is 5.41 Å². The summed E-state index contributed by atoms with van der Waals surface area (Å²) in [4.78, 5) is 29.2. The highest BCUT2D eigenvalue weighted by Crippen LogP contribution is 2.34. The fraction of sp³-hybridized carbons (Fsp3) is 0.400. The highest BCUT2D eigenvalue weighted by Gasteiger charge is 2.27. The van der Waals surface area contributed by atoms with Gasteiger partial charge in [-0.2, -0.15) is 0 Å². The summed E-state index contributed by atoms with van der Waals surface area (Å²) in [6.45, 7) is 5.36. The van der Waals surface area contributed by atoms with Gasteiger partial charge in [0, 0.05) is 6.54 Å². The Morgan fingerprint density at radius 1 is 1.35 bits per heavy atom. The fourth-order valence-corrected chi connectivity index (χ4v) is 3.90. The number of amides is 1. The minimum Gasteiger partial charge on any atom is -0.481 e. The quantitative estimate of drug-likeness (QED) is 0.801. The third-order valence-corrected chi connectivity index (χ3v) is 5.96. The first-order chi connectivity index (χ1) is 10.7. The van der Waals surface area contributed by atoms with Crippen molar-refractivity contribution in [1.82, 2.24) is 10.3 Å². The van der Waals surface area contributed by atoms with Crippen molar-refractivity contribution in [3.05, 3.63) is 27.0 Å². The van der Waals surface area contributed by atoms with E-state index >= 15 is 0 Å². The summed E-state index contributed by atoms with van der Waals surface area (Å²) < 4.78 is 0.676. The first kappa shape index (κ1) is 17.9. The van der Waals surface area contributed by atoms with Gasteiger partial charge in [0.15, 0.2) is 0 Å². The zero-order valence-electron chi connectivity index (χ0n) is 13.0. The van der Waals surface area contributed by atoms with Crippen molar-refractivity contribution in [3.8, 4) is 9.88 Å². The van der Waals surface area contributed by atoms with Gasteiger partial charge in [0.1, 0.15) is 9.88 Å². The Kier molecular flexibility index (Phi) is 5.44. The number of rotatable bonds is 6. The molecule has 0 unspecified atom stereocenters. The van der Waals surface area contributed by atoms with E-state index in [-0.39, 0.29) is 5.91 Å². The van der Waals surface area contributed by atoms with Gasteiger partial charge in [0.2, 0.25) is 0 Å². The summed E-state index contributed by atoms with van der Waals surface area (Å²) in [5, 5.41) is 12.6. The molecule has 1 amide bonds. The molecule has 0 saturated heterocycles. The number of carbonyl (C=O) groups excluding carboxylic acids is 1. The Labute approximate surface area is 147 Å². The van der Waals surface area contributed by atoms with Gasteiger partial charge >= 0.3 is 5.97 Å². The van der Waals surface area contributed by atoms with Crippen molar-refractivity contribution >= 4 is 46.2 Å². The molecule has 0 atom stereocenters. The van der Waals surface area contributed by atoms with Gasteiger partial charge in [-0.15, -0.1) is 22.7 Å². The number of thiophene rings is 1. The molecule has 0 fully saturated rings. The van der Waals surface area contributed by atoms with Crippen LogP contribution in [0.15, 0.2) is 12.1 Å². The molecule has 0 aliphatic rings. The number of nitrogens with zero attached hydrogens (tertiary/aromatic N) is 1. The summed E-state index contributed by atoms with van der Waals surface area (Å²) in [5.74, 6) is -1.10. The Balaban J connectivity index is 2.03.